The molecule has 0 N–H and O–H groups in total. The third kappa shape index (κ3) is 3.60. The van der Waals surface area contributed by atoms with E-state index in [1.165, 1.54) is 23.4 Å². The van der Waals surface area contributed by atoms with Crippen molar-refractivity contribution in [3.05, 3.63) is 59.4 Å². The molecule has 0 amide bonds. The molecule has 1 unspecified atom stereocenters. The van der Waals surface area contributed by atoms with Gasteiger partial charge < -0.3 is 0 Å². The second-order valence-electron chi connectivity index (χ2n) is 5.29. The lowest BCUT2D eigenvalue weighted by atomic mass is 9.96. The highest BCUT2D eigenvalue weighted by atomic mass is 19.1. The van der Waals surface area contributed by atoms with Crippen molar-refractivity contribution in [2.75, 3.05) is 0 Å². The van der Waals surface area contributed by atoms with E-state index >= 15 is 0 Å². The Balaban J connectivity index is 2.12. The molecule has 0 saturated carbocycles. The van der Waals surface area contributed by atoms with E-state index in [2.05, 4.69) is 36.8 Å². The minimum atomic E-state index is -0.292. The first-order valence-electron chi connectivity index (χ1n) is 6.61. The summed E-state index contributed by atoms with van der Waals surface area (Å²) in [5.74, 6) is 0.441. The van der Waals surface area contributed by atoms with Crippen molar-refractivity contribution in [3.8, 4) is 0 Å². The highest BCUT2D eigenvalue weighted by Gasteiger charge is 2.10. The summed E-state index contributed by atoms with van der Waals surface area (Å²) >= 11 is 0. The van der Waals surface area contributed by atoms with Crippen LogP contribution in [0.1, 0.15) is 49.4 Å². The van der Waals surface area contributed by atoms with Crippen LogP contribution < -0.4 is 0 Å². The molecule has 0 aromatic carbocycles. The van der Waals surface area contributed by atoms with Crippen LogP contribution in [0.4, 0.5) is 4.39 Å². The fraction of sp³-hybridized carbons (Fsp3) is 0.375. The Kier molecular flexibility index (Phi) is 4.25. The molecule has 19 heavy (non-hydrogen) atoms. The van der Waals surface area contributed by atoms with E-state index in [9.17, 15) is 4.39 Å². The summed E-state index contributed by atoms with van der Waals surface area (Å²) in [6.07, 6.45) is 5.95. The lowest BCUT2D eigenvalue weighted by molar-refractivity contribution is 0.614. The molecule has 0 aliphatic carbocycles. The van der Waals surface area contributed by atoms with Gasteiger partial charge >= 0.3 is 0 Å². The smallest absolute Gasteiger partial charge is 0.141 e. The summed E-state index contributed by atoms with van der Waals surface area (Å²) in [5.41, 5.74) is 3.36. The van der Waals surface area contributed by atoms with Crippen molar-refractivity contribution < 1.29 is 4.39 Å². The molecular weight excluding hydrogens is 239 g/mol. The molecular formula is C16H19FN2. The molecule has 0 saturated heterocycles. The first-order chi connectivity index (χ1) is 9.06. The van der Waals surface area contributed by atoms with Crippen molar-refractivity contribution in [2.45, 2.75) is 39.0 Å². The van der Waals surface area contributed by atoms with Gasteiger partial charge in [-0.25, -0.2) is 4.39 Å². The maximum absolute atomic E-state index is 12.8. The Hall–Kier alpha value is -1.77. The average molecular weight is 258 g/mol. The molecule has 3 heteroatoms. The number of nitrogens with zero attached hydrogens (tertiary/aromatic N) is 2. The van der Waals surface area contributed by atoms with Gasteiger partial charge in [0.05, 0.1) is 6.20 Å². The number of hydrogen-bond donors (Lipinski definition) is 0. The van der Waals surface area contributed by atoms with Crippen LogP contribution in [-0.2, 0) is 6.42 Å². The Morgan fingerprint density at radius 1 is 1.11 bits per heavy atom. The molecule has 0 radical (unpaired) electrons. The van der Waals surface area contributed by atoms with Crippen molar-refractivity contribution in [2.24, 2.45) is 0 Å². The third-order valence-corrected chi connectivity index (χ3v) is 3.28. The molecule has 100 valence electrons. The lowest BCUT2D eigenvalue weighted by Gasteiger charge is -2.12. The number of halogens is 1. The monoisotopic (exact) mass is 258 g/mol. The van der Waals surface area contributed by atoms with Gasteiger partial charge in [-0.15, -0.1) is 0 Å². The molecule has 2 aromatic rings. The maximum atomic E-state index is 12.8. The molecule has 0 spiro atoms. The Labute approximate surface area is 113 Å². The van der Waals surface area contributed by atoms with Crippen LogP contribution in [0.5, 0.6) is 0 Å². The number of rotatable bonds is 4. The van der Waals surface area contributed by atoms with Crippen LogP contribution in [-0.4, -0.2) is 9.97 Å². The zero-order chi connectivity index (χ0) is 13.8. The minimum Gasteiger partial charge on any atom is -0.264 e. The number of pyridine rings is 2. The van der Waals surface area contributed by atoms with Gasteiger partial charge in [-0.3, -0.25) is 9.97 Å². The van der Waals surface area contributed by atoms with E-state index in [0.717, 1.165) is 12.1 Å². The summed E-state index contributed by atoms with van der Waals surface area (Å²) in [5, 5.41) is 0. The topological polar surface area (TPSA) is 25.8 Å². The van der Waals surface area contributed by atoms with Gasteiger partial charge in [-0.1, -0.05) is 26.8 Å². The molecule has 2 rings (SSSR count). The van der Waals surface area contributed by atoms with E-state index in [1.54, 1.807) is 6.07 Å². The van der Waals surface area contributed by atoms with Gasteiger partial charge in [0.25, 0.3) is 0 Å². The Bertz CT molecular complexity index is 535. The SMILES string of the molecule is CC(C)c1cncc(CC(C)c2ccc(F)cn2)c1. The fourth-order valence-electron chi connectivity index (χ4n) is 2.07. The maximum Gasteiger partial charge on any atom is 0.141 e. The number of hydrogen-bond acceptors (Lipinski definition) is 2. The highest BCUT2D eigenvalue weighted by Crippen LogP contribution is 2.21. The minimum absolute atomic E-state index is 0.254. The van der Waals surface area contributed by atoms with E-state index in [1.807, 2.05) is 12.4 Å². The second-order valence-corrected chi connectivity index (χ2v) is 5.29. The van der Waals surface area contributed by atoms with Crippen LogP contribution in [0.25, 0.3) is 0 Å². The quantitative estimate of drug-likeness (QED) is 0.825. The first kappa shape index (κ1) is 13.7. The fourth-order valence-corrected chi connectivity index (χ4v) is 2.07. The molecule has 2 heterocycles. The zero-order valence-electron chi connectivity index (χ0n) is 11.6. The molecule has 1 atom stereocenters. The third-order valence-electron chi connectivity index (χ3n) is 3.28. The normalized spacial score (nSPS) is 12.7. The zero-order valence-corrected chi connectivity index (χ0v) is 11.6. The molecule has 0 aliphatic heterocycles. The van der Waals surface area contributed by atoms with Crippen molar-refractivity contribution in [3.63, 3.8) is 0 Å². The number of aromatic nitrogens is 2. The van der Waals surface area contributed by atoms with E-state index in [4.69, 9.17) is 0 Å². The van der Waals surface area contributed by atoms with Crippen LogP contribution in [0, 0.1) is 5.82 Å². The van der Waals surface area contributed by atoms with Gasteiger partial charge in [-0.05, 0) is 35.6 Å². The van der Waals surface area contributed by atoms with Crippen LogP contribution in [0.2, 0.25) is 0 Å². The van der Waals surface area contributed by atoms with Crippen molar-refractivity contribution in [1.82, 2.24) is 9.97 Å². The van der Waals surface area contributed by atoms with E-state index in [-0.39, 0.29) is 11.7 Å². The van der Waals surface area contributed by atoms with Crippen molar-refractivity contribution >= 4 is 0 Å². The van der Waals surface area contributed by atoms with Gasteiger partial charge in [-0.2, -0.15) is 0 Å². The molecule has 0 aliphatic rings. The molecule has 0 fully saturated rings. The summed E-state index contributed by atoms with van der Waals surface area (Å²) < 4.78 is 12.8. The standard InChI is InChI=1S/C16H19FN2/c1-11(2)14-7-13(8-18-9-14)6-12(3)16-5-4-15(17)10-19-16/h4-5,7-12H,6H2,1-3H3. The van der Waals surface area contributed by atoms with Gasteiger partial charge in [0, 0.05) is 24.0 Å². The summed E-state index contributed by atoms with van der Waals surface area (Å²) in [7, 11) is 0. The largest absolute Gasteiger partial charge is 0.264 e. The van der Waals surface area contributed by atoms with Crippen molar-refractivity contribution in [1.29, 1.82) is 0 Å². The lowest BCUT2D eigenvalue weighted by Crippen LogP contribution is -2.02. The van der Waals surface area contributed by atoms with Gasteiger partial charge in [0.15, 0.2) is 0 Å². The molecule has 2 nitrogen and oxygen atoms in total. The predicted molar refractivity (Wildman–Crippen MR) is 74.6 cm³/mol. The van der Waals surface area contributed by atoms with Crippen LogP contribution in [0.15, 0.2) is 36.8 Å². The van der Waals surface area contributed by atoms with Crippen LogP contribution in [0.3, 0.4) is 0 Å². The predicted octanol–water partition coefficient (Wildman–Crippen LogP) is 4.09. The van der Waals surface area contributed by atoms with Crippen LogP contribution >= 0.6 is 0 Å². The Morgan fingerprint density at radius 2 is 1.89 bits per heavy atom. The van der Waals surface area contributed by atoms with E-state index in [0.29, 0.717) is 5.92 Å². The Morgan fingerprint density at radius 3 is 2.53 bits per heavy atom. The first-order valence-corrected chi connectivity index (χ1v) is 6.61. The summed E-state index contributed by atoms with van der Waals surface area (Å²) in [6.45, 7) is 6.42. The average Bonchev–Trinajstić information content (AvgIpc) is 2.39. The summed E-state index contributed by atoms with van der Waals surface area (Å²) in [4.78, 5) is 8.42. The highest BCUT2D eigenvalue weighted by molar-refractivity contribution is 5.23. The van der Waals surface area contributed by atoms with Gasteiger partial charge in [0.1, 0.15) is 5.82 Å². The molecule has 0 bridgehead atoms. The summed E-state index contributed by atoms with van der Waals surface area (Å²) in [6, 6.07) is 5.40. The molecule has 2 aromatic heterocycles. The van der Waals surface area contributed by atoms with E-state index < -0.39 is 0 Å². The second kappa shape index (κ2) is 5.91. The van der Waals surface area contributed by atoms with Gasteiger partial charge in [0.2, 0.25) is 0 Å².